The Morgan fingerprint density at radius 3 is 1.88 bits per heavy atom. The molecule has 0 radical (unpaired) electrons. The quantitative estimate of drug-likeness (QED) is 0.784. The summed E-state index contributed by atoms with van der Waals surface area (Å²) >= 11 is 0. The Hall–Kier alpha value is -1.60. The number of benzene rings is 1. The van der Waals surface area contributed by atoms with E-state index >= 15 is 0 Å². The van der Waals surface area contributed by atoms with E-state index in [-0.39, 0.29) is 6.07 Å². The van der Waals surface area contributed by atoms with Gasteiger partial charge >= 0.3 is 12.4 Å². The molecule has 1 N–H and O–H groups in total. The third-order valence-electron chi connectivity index (χ3n) is 1.90. The van der Waals surface area contributed by atoms with Crippen LogP contribution in [-0.2, 0) is 12.4 Å². The summed E-state index contributed by atoms with van der Waals surface area (Å²) in [6, 6.07) is 0.476. The molecule has 0 spiro atoms. The fraction of sp³-hybridized carbons (Fsp3) is 0.333. The molecule has 0 amide bonds. The number of phenolic OH excluding ortho intramolecular Hbond substituents is 1. The molecule has 0 fully saturated rings. The van der Waals surface area contributed by atoms with E-state index in [4.69, 9.17) is 5.11 Å². The van der Waals surface area contributed by atoms with Crippen molar-refractivity contribution in [1.82, 2.24) is 0 Å². The van der Waals surface area contributed by atoms with E-state index < -0.39 is 35.0 Å². The van der Waals surface area contributed by atoms with Gasteiger partial charge in [0.05, 0.1) is 12.7 Å². The van der Waals surface area contributed by atoms with Crippen molar-refractivity contribution in [1.29, 1.82) is 0 Å². The average molecular weight is 260 g/mol. The van der Waals surface area contributed by atoms with Crippen molar-refractivity contribution in [3.63, 3.8) is 0 Å². The van der Waals surface area contributed by atoms with Crippen molar-refractivity contribution in [3.05, 3.63) is 23.3 Å². The molecular weight excluding hydrogens is 254 g/mol. The maximum atomic E-state index is 12.5. The lowest BCUT2D eigenvalue weighted by Crippen LogP contribution is -2.17. The van der Waals surface area contributed by atoms with Crippen LogP contribution in [0.4, 0.5) is 26.3 Å². The summed E-state index contributed by atoms with van der Waals surface area (Å²) in [7, 11) is 0.782. The van der Waals surface area contributed by atoms with Gasteiger partial charge in [0, 0.05) is 6.07 Å². The molecule has 17 heavy (non-hydrogen) atoms. The molecule has 0 atom stereocenters. The van der Waals surface area contributed by atoms with Crippen molar-refractivity contribution in [3.8, 4) is 11.5 Å². The highest BCUT2D eigenvalue weighted by Crippen LogP contribution is 2.46. The monoisotopic (exact) mass is 260 g/mol. The molecule has 1 aromatic carbocycles. The first kappa shape index (κ1) is 13.5. The number of alkyl halides is 6. The van der Waals surface area contributed by atoms with E-state index in [1.54, 1.807) is 0 Å². The summed E-state index contributed by atoms with van der Waals surface area (Å²) in [6.07, 6.45) is -10.5. The van der Waals surface area contributed by atoms with Crippen LogP contribution in [0, 0.1) is 0 Å². The SMILES string of the molecule is COc1cc(O)cc(C(F)(F)F)c1C(F)(F)F. The van der Waals surface area contributed by atoms with E-state index in [1.165, 1.54) is 0 Å². The van der Waals surface area contributed by atoms with Crippen LogP contribution in [0.5, 0.6) is 11.5 Å². The highest BCUT2D eigenvalue weighted by Gasteiger charge is 2.46. The van der Waals surface area contributed by atoms with Crippen LogP contribution in [-0.4, -0.2) is 12.2 Å². The molecule has 0 aromatic heterocycles. The van der Waals surface area contributed by atoms with Gasteiger partial charge in [-0.3, -0.25) is 0 Å². The van der Waals surface area contributed by atoms with Crippen LogP contribution in [0.1, 0.15) is 11.1 Å². The Balaban J connectivity index is 3.63. The second-order valence-corrected chi connectivity index (χ2v) is 3.07. The second-order valence-electron chi connectivity index (χ2n) is 3.07. The molecule has 8 heteroatoms. The number of ether oxygens (including phenoxy) is 1. The number of aromatic hydroxyl groups is 1. The summed E-state index contributed by atoms with van der Waals surface area (Å²) in [4.78, 5) is 0. The zero-order chi connectivity index (χ0) is 13.4. The van der Waals surface area contributed by atoms with Crippen LogP contribution in [0.2, 0.25) is 0 Å². The fourth-order valence-electron chi connectivity index (χ4n) is 1.28. The minimum absolute atomic E-state index is 0.00530. The highest BCUT2D eigenvalue weighted by atomic mass is 19.4. The molecule has 1 aromatic rings. The molecule has 0 bridgehead atoms. The third-order valence-corrected chi connectivity index (χ3v) is 1.90. The van der Waals surface area contributed by atoms with Crippen molar-refractivity contribution in [2.75, 3.05) is 7.11 Å². The zero-order valence-corrected chi connectivity index (χ0v) is 8.28. The molecule has 0 heterocycles. The minimum Gasteiger partial charge on any atom is -0.508 e. The van der Waals surface area contributed by atoms with Crippen LogP contribution < -0.4 is 4.74 Å². The fourth-order valence-corrected chi connectivity index (χ4v) is 1.28. The molecule has 0 saturated carbocycles. The van der Waals surface area contributed by atoms with E-state index in [0.717, 1.165) is 7.11 Å². The van der Waals surface area contributed by atoms with E-state index in [1.807, 2.05) is 0 Å². The third kappa shape index (κ3) is 2.75. The number of rotatable bonds is 1. The molecule has 0 aliphatic heterocycles. The van der Waals surface area contributed by atoms with Crippen LogP contribution >= 0.6 is 0 Å². The van der Waals surface area contributed by atoms with Gasteiger partial charge in [-0.15, -0.1) is 0 Å². The van der Waals surface area contributed by atoms with Gasteiger partial charge in [0.1, 0.15) is 17.1 Å². The maximum Gasteiger partial charge on any atom is 0.420 e. The Labute approximate surface area is 91.4 Å². The molecule has 96 valence electrons. The Morgan fingerprint density at radius 2 is 1.53 bits per heavy atom. The van der Waals surface area contributed by atoms with Crippen molar-refractivity contribution < 1.29 is 36.2 Å². The predicted molar refractivity (Wildman–Crippen MR) is 44.7 cm³/mol. The molecule has 1 rings (SSSR count). The smallest absolute Gasteiger partial charge is 0.420 e. The summed E-state index contributed by atoms with van der Waals surface area (Å²) < 4.78 is 78.9. The number of hydrogen-bond acceptors (Lipinski definition) is 2. The Bertz CT molecular complexity index is 421. The lowest BCUT2D eigenvalue weighted by Gasteiger charge is -2.18. The first-order chi connectivity index (χ1) is 7.57. The Morgan fingerprint density at radius 1 is 1.00 bits per heavy atom. The average Bonchev–Trinajstić information content (AvgIpc) is 2.12. The van der Waals surface area contributed by atoms with E-state index in [9.17, 15) is 26.3 Å². The highest BCUT2D eigenvalue weighted by molar-refractivity contribution is 5.49. The summed E-state index contributed by atoms with van der Waals surface area (Å²) in [5.74, 6) is -2.04. The van der Waals surface area contributed by atoms with Crippen LogP contribution in [0.25, 0.3) is 0 Å². The Kier molecular flexibility index (Phi) is 3.17. The lowest BCUT2D eigenvalue weighted by molar-refractivity contribution is -0.163. The number of phenols is 1. The minimum atomic E-state index is -5.24. The van der Waals surface area contributed by atoms with Crippen molar-refractivity contribution >= 4 is 0 Å². The zero-order valence-electron chi connectivity index (χ0n) is 8.28. The molecule has 2 nitrogen and oxygen atoms in total. The predicted octanol–water partition coefficient (Wildman–Crippen LogP) is 3.44. The normalized spacial score (nSPS) is 12.6. The van der Waals surface area contributed by atoms with E-state index in [0.29, 0.717) is 6.07 Å². The van der Waals surface area contributed by atoms with E-state index in [2.05, 4.69) is 4.74 Å². The number of halogens is 6. The van der Waals surface area contributed by atoms with Gasteiger partial charge in [-0.25, -0.2) is 0 Å². The maximum absolute atomic E-state index is 12.5. The van der Waals surface area contributed by atoms with Gasteiger partial charge in [0.2, 0.25) is 0 Å². The van der Waals surface area contributed by atoms with Crippen molar-refractivity contribution in [2.24, 2.45) is 0 Å². The van der Waals surface area contributed by atoms with Gasteiger partial charge in [-0.1, -0.05) is 0 Å². The van der Waals surface area contributed by atoms with Gasteiger partial charge in [0.15, 0.2) is 0 Å². The molecule has 0 aliphatic rings. The first-order valence-electron chi connectivity index (χ1n) is 4.12. The summed E-state index contributed by atoms with van der Waals surface area (Å²) in [5, 5.41) is 8.93. The molecule has 0 unspecified atom stereocenters. The van der Waals surface area contributed by atoms with Gasteiger partial charge in [-0.05, 0) is 6.07 Å². The van der Waals surface area contributed by atoms with Crippen molar-refractivity contribution in [2.45, 2.75) is 12.4 Å². The molecular formula is C9H6F6O2. The second kappa shape index (κ2) is 4.01. The summed E-state index contributed by atoms with van der Waals surface area (Å²) in [5.41, 5.74) is -3.94. The largest absolute Gasteiger partial charge is 0.508 e. The van der Waals surface area contributed by atoms with Gasteiger partial charge in [-0.2, -0.15) is 26.3 Å². The van der Waals surface area contributed by atoms with Crippen LogP contribution in [0.15, 0.2) is 12.1 Å². The summed E-state index contributed by atoms with van der Waals surface area (Å²) in [6.45, 7) is 0. The standard InChI is InChI=1S/C9H6F6O2/c1-17-6-3-4(16)2-5(8(10,11)12)7(6)9(13,14)15/h2-3,16H,1H3. The topological polar surface area (TPSA) is 29.5 Å². The lowest BCUT2D eigenvalue weighted by atomic mass is 10.0. The first-order valence-corrected chi connectivity index (χ1v) is 4.12. The molecule has 0 aliphatic carbocycles. The number of methoxy groups -OCH3 is 1. The molecule has 0 saturated heterocycles. The van der Waals surface area contributed by atoms with Crippen LogP contribution in [0.3, 0.4) is 0 Å². The van der Waals surface area contributed by atoms with Gasteiger partial charge < -0.3 is 9.84 Å². The van der Waals surface area contributed by atoms with Gasteiger partial charge in [0.25, 0.3) is 0 Å². The number of hydrogen-bond donors (Lipinski definition) is 1.